The predicted molar refractivity (Wildman–Crippen MR) is 122 cm³/mol. The predicted octanol–water partition coefficient (Wildman–Crippen LogP) is 4.19. The van der Waals surface area contributed by atoms with E-state index in [0.29, 0.717) is 40.3 Å². The highest BCUT2D eigenvalue weighted by molar-refractivity contribution is 6.35. The third kappa shape index (κ3) is 8.11. The van der Waals surface area contributed by atoms with Crippen LogP contribution in [0.25, 0.3) is 0 Å². The zero-order chi connectivity index (χ0) is 22.8. The number of hydrogen-bond acceptors (Lipinski definition) is 5. The Morgan fingerprint density at radius 3 is 2.45 bits per heavy atom. The molecule has 2 rings (SSSR count). The fraction of sp³-hybridized carbons (Fsp3) is 0.318. The fourth-order valence-corrected chi connectivity index (χ4v) is 2.79. The fourth-order valence-electron chi connectivity index (χ4n) is 2.39. The summed E-state index contributed by atoms with van der Waals surface area (Å²) in [5.74, 6) is -0.528. The number of nitrogens with zero attached hydrogens (tertiary/aromatic N) is 1. The van der Waals surface area contributed by atoms with E-state index in [2.05, 4.69) is 15.8 Å². The first-order chi connectivity index (χ1) is 14.8. The van der Waals surface area contributed by atoms with Gasteiger partial charge in [0, 0.05) is 11.6 Å². The van der Waals surface area contributed by atoms with Crippen LogP contribution in [0.2, 0.25) is 10.0 Å². The standard InChI is InChI=1S/C22H25Cl2N3O4/c1-4-30-19-10-16(12-26-27-22(29)21(28)25-11-14(2)3)9-18(24)20(19)31-13-15-5-7-17(23)8-6-15/h5-10,12,14H,4,11,13H2,1-3H3,(H,25,28)(H,27,29)/b26-12-. The van der Waals surface area contributed by atoms with Gasteiger partial charge in [-0.3, -0.25) is 9.59 Å². The van der Waals surface area contributed by atoms with E-state index in [0.717, 1.165) is 5.56 Å². The van der Waals surface area contributed by atoms with Crippen LogP contribution in [0, 0.1) is 5.92 Å². The van der Waals surface area contributed by atoms with Gasteiger partial charge in [-0.05, 0) is 48.2 Å². The maximum Gasteiger partial charge on any atom is 0.329 e. The number of hydrazone groups is 1. The van der Waals surface area contributed by atoms with Crippen molar-refractivity contribution in [1.29, 1.82) is 0 Å². The molecule has 0 spiro atoms. The first-order valence-electron chi connectivity index (χ1n) is 9.75. The smallest absolute Gasteiger partial charge is 0.329 e. The van der Waals surface area contributed by atoms with Crippen LogP contribution < -0.4 is 20.2 Å². The maximum absolute atomic E-state index is 11.8. The van der Waals surface area contributed by atoms with E-state index in [1.54, 1.807) is 24.3 Å². The molecule has 0 unspecified atom stereocenters. The number of halogens is 2. The highest BCUT2D eigenvalue weighted by Crippen LogP contribution is 2.37. The number of nitrogens with one attached hydrogen (secondary N) is 2. The lowest BCUT2D eigenvalue weighted by Gasteiger charge is -2.14. The van der Waals surface area contributed by atoms with Crippen LogP contribution in [0.5, 0.6) is 11.5 Å². The Hall–Kier alpha value is -2.77. The Bertz CT molecular complexity index is 931. The SMILES string of the molecule is CCOc1cc(/C=N\NC(=O)C(=O)NCC(C)C)cc(Cl)c1OCc1ccc(Cl)cc1. The molecule has 0 bridgehead atoms. The Labute approximate surface area is 191 Å². The molecule has 0 aliphatic heterocycles. The first kappa shape index (κ1) is 24.5. The number of hydrogen-bond donors (Lipinski definition) is 2. The lowest BCUT2D eigenvalue weighted by Crippen LogP contribution is -2.39. The van der Waals surface area contributed by atoms with Gasteiger partial charge in [-0.15, -0.1) is 0 Å². The number of amides is 2. The Kier molecular flexibility index (Phi) is 9.62. The van der Waals surface area contributed by atoms with Crippen LogP contribution in [-0.2, 0) is 16.2 Å². The summed E-state index contributed by atoms with van der Waals surface area (Å²) < 4.78 is 11.5. The Morgan fingerprint density at radius 1 is 1.10 bits per heavy atom. The minimum absolute atomic E-state index is 0.236. The third-order valence-electron chi connectivity index (χ3n) is 3.88. The van der Waals surface area contributed by atoms with Crippen LogP contribution in [0.15, 0.2) is 41.5 Å². The van der Waals surface area contributed by atoms with Gasteiger partial charge in [-0.2, -0.15) is 5.10 Å². The second-order valence-electron chi connectivity index (χ2n) is 6.98. The minimum atomic E-state index is -0.851. The molecule has 0 saturated heterocycles. The number of benzene rings is 2. The quantitative estimate of drug-likeness (QED) is 0.330. The number of rotatable bonds is 9. The summed E-state index contributed by atoms with van der Waals surface area (Å²) in [4.78, 5) is 23.4. The molecule has 2 aromatic rings. The molecule has 2 N–H and O–H groups in total. The molecule has 31 heavy (non-hydrogen) atoms. The van der Waals surface area contributed by atoms with Crippen molar-refractivity contribution in [2.75, 3.05) is 13.2 Å². The molecule has 7 nitrogen and oxygen atoms in total. The Morgan fingerprint density at radius 2 is 1.81 bits per heavy atom. The van der Waals surface area contributed by atoms with Crippen molar-refractivity contribution in [1.82, 2.24) is 10.7 Å². The van der Waals surface area contributed by atoms with E-state index in [1.165, 1.54) is 6.21 Å². The molecule has 0 aliphatic rings. The molecule has 2 aromatic carbocycles. The van der Waals surface area contributed by atoms with Crippen LogP contribution in [0.1, 0.15) is 31.9 Å². The molecule has 2 amide bonds. The number of carbonyl (C=O) groups is 2. The van der Waals surface area contributed by atoms with Gasteiger partial charge >= 0.3 is 11.8 Å². The van der Waals surface area contributed by atoms with Gasteiger partial charge < -0.3 is 14.8 Å². The van der Waals surface area contributed by atoms with Crippen molar-refractivity contribution in [2.24, 2.45) is 11.0 Å². The molecule has 0 radical (unpaired) electrons. The van der Waals surface area contributed by atoms with Crippen molar-refractivity contribution < 1.29 is 19.1 Å². The van der Waals surface area contributed by atoms with Gasteiger partial charge in [0.2, 0.25) is 0 Å². The molecule has 0 heterocycles. The molecule has 0 saturated carbocycles. The van der Waals surface area contributed by atoms with Gasteiger partial charge in [-0.25, -0.2) is 5.43 Å². The van der Waals surface area contributed by atoms with Gasteiger partial charge in [0.25, 0.3) is 0 Å². The number of ether oxygens (including phenoxy) is 2. The molecule has 166 valence electrons. The highest BCUT2D eigenvalue weighted by atomic mass is 35.5. The van der Waals surface area contributed by atoms with Gasteiger partial charge in [0.05, 0.1) is 17.8 Å². The molecule has 0 atom stereocenters. The van der Waals surface area contributed by atoms with Crippen LogP contribution >= 0.6 is 23.2 Å². The maximum atomic E-state index is 11.8. The summed E-state index contributed by atoms with van der Waals surface area (Å²) in [7, 11) is 0. The first-order valence-corrected chi connectivity index (χ1v) is 10.5. The van der Waals surface area contributed by atoms with E-state index >= 15 is 0 Å². The third-order valence-corrected chi connectivity index (χ3v) is 4.42. The van der Waals surface area contributed by atoms with Gasteiger partial charge in [0.1, 0.15) is 6.61 Å². The van der Waals surface area contributed by atoms with E-state index in [1.807, 2.05) is 32.9 Å². The minimum Gasteiger partial charge on any atom is -0.490 e. The van der Waals surface area contributed by atoms with Crippen molar-refractivity contribution >= 4 is 41.2 Å². The summed E-state index contributed by atoms with van der Waals surface area (Å²) in [5.41, 5.74) is 3.67. The number of carbonyl (C=O) groups excluding carboxylic acids is 2. The molecule has 0 aromatic heterocycles. The van der Waals surface area contributed by atoms with Crippen LogP contribution in [0.4, 0.5) is 0 Å². The molecule has 9 heteroatoms. The summed E-state index contributed by atoms with van der Waals surface area (Å²) in [6.45, 7) is 6.79. The Balaban J connectivity index is 2.06. The highest BCUT2D eigenvalue weighted by Gasteiger charge is 2.14. The van der Waals surface area contributed by atoms with Gasteiger partial charge in [0.15, 0.2) is 11.5 Å². The summed E-state index contributed by atoms with van der Waals surface area (Å²) >= 11 is 12.3. The van der Waals surface area contributed by atoms with Gasteiger partial charge in [-0.1, -0.05) is 49.2 Å². The zero-order valence-corrected chi connectivity index (χ0v) is 19.1. The normalized spacial score (nSPS) is 10.9. The zero-order valence-electron chi connectivity index (χ0n) is 17.6. The van der Waals surface area contributed by atoms with Crippen molar-refractivity contribution in [3.05, 3.63) is 57.6 Å². The summed E-state index contributed by atoms with van der Waals surface area (Å²) in [6.07, 6.45) is 1.37. The molecular formula is C22H25Cl2N3O4. The molecular weight excluding hydrogens is 441 g/mol. The largest absolute Gasteiger partial charge is 0.490 e. The van der Waals surface area contributed by atoms with Crippen LogP contribution in [-0.4, -0.2) is 31.2 Å². The lowest BCUT2D eigenvalue weighted by molar-refractivity contribution is -0.139. The van der Waals surface area contributed by atoms with Crippen LogP contribution in [0.3, 0.4) is 0 Å². The molecule has 0 aliphatic carbocycles. The monoisotopic (exact) mass is 465 g/mol. The van der Waals surface area contributed by atoms with Crippen molar-refractivity contribution in [3.8, 4) is 11.5 Å². The second kappa shape index (κ2) is 12.2. The average Bonchev–Trinajstić information content (AvgIpc) is 2.72. The summed E-state index contributed by atoms with van der Waals surface area (Å²) in [6, 6.07) is 10.6. The second-order valence-corrected chi connectivity index (χ2v) is 7.82. The lowest BCUT2D eigenvalue weighted by atomic mass is 10.2. The van der Waals surface area contributed by atoms with E-state index < -0.39 is 11.8 Å². The topological polar surface area (TPSA) is 89.0 Å². The van der Waals surface area contributed by atoms with Crippen molar-refractivity contribution in [2.45, 2.75) is 27.4 Å². The van der Waals surface area contributed by atoms with Crippen molar-refractivity contribution in [3.63, 3.8) is 0 Å². The average molecular weight is 466 g/mol. The van der Waals surface area contributed by atoms with E-state index in [4.69, 9.17) is 32.7 Å². The van der Waals surface area contributed by atoms with E-state index in [-0.39, 0.29) is 12.5 Å². The van der Waals surface area contributed by atoms with E-state index in [9.17, 15) is 9.59 Å². The molecule has 0 fully saturated rings. The summed E-state index contributed by atoms with van der Waals surface area (Å²) in [5, 5.41) is 7.29.